The number of aryl methyl sites for hydroxylation is 1. The summed E-state index contributed by atoms with van der Waals surface area (Å²) < 4.78 is 50.7. The molecule has 0 radical (unpaired) electrons. The van der Waals surface area contributed by atoms with Gasteiger partial charge in [0.1, 0.15) is 16.4 Å². The number of methoxy groups -OCH3 is 3. The highest BCUT2D eigenvalue weighted by atomic mass is 35.5. The van der Waals surface area contributed by atoms with Gasteiger partial charge in [-0.3, -0.25) is 0 Å². The molecule has 1 heterocycles. The van der Waals surface area contributed by atoms with E-state index in [1.807, 2.05) is 0 Å². The zero-order chi connectivity index (χ0) is 30.2. The topological polar surface area (TPSA) is 150 Å². The Bertz CT molecular complexity index is 1390. The van der Waals surface area contributed by atoms with Crippen LogP contribution in [-0.2, 0) is 24.3 Å². The standard InChI is InChI=1S/C26H30ClN3O10S/c1-17-13-19(15-20(14-17)40-41(34,35)22-8-6-5-7-21(22)27)39-16-18-9-11-29(12-10-18)23(28-24(31)36-2)30(25(32)37-3)26(33)38-4/h5-8,13-15,18H,9-12,16H2,1-4H3. The second-order valence-electron chi connectivity index (χ2n) is 8.85. The van der Waals surface area contributed by atoms with Crippen molar-refractivity contribution in [3.8, 4) is 11.5 Å². The van der Waals surface area contributed by atoms with Crippen molar-refractivity contribution in [1.82, 2.24) is 9.80 Å². The van der Waals surface area contributed by atoms with Crippen LogP contribution >= 0.6 is 11.6 Å². The van der Waals surface area contributed by atoms with Crippen LogP contribution in [-0.4, -0.2) is 83.5 Å². The lowest BCUT2D eigenvalue weighted by Gasteiger charge is -2.35. The summed E-state index contributed by atoms with van der Waals surface area (Å²) in [4.78, 5) is 42.2. The average Bonchev–Trinajstić information content (AvgIpc) is 2.95. The minimum absolute atomic E-state index is 0.0454. The molecule has 13 nitrogen and oxygen atoms in total. The van der Waals surface area contributed by atoms with Gasteiger partial charge in [-0.05, 0) is 55.5 Å². The van der Waals surface area contributed by atoms with Crippen molar-refractivity contribution < 1.29 is 45.9 Å². The molecule has 2 aromatic carbocycles. The molecule has 0 N–H and O–H groups in total. The number of rotatable bonds is 6. The molecule has 0 aromatic heterocycles. The number of hydrogen-bond donors (Lipinski definition) is 0. The van der Waals surface area contributed by atoms with Gasteiger partial charge in [0.05, 0.1) is 33.0 Å². The van der Waals surface area contributed by atoms with Gasteiger partial charge in [-0.15, -0.1) is 9.89 Å². The van der Waals surface area contributed by atoms with Gasteiger partial charge in [-0.2, -0.15) is 8.42 Å². The third-order valence-electron chi connectivity index (χ3n) is 6.00. The van der Waals surface area contributed by atoms with Crippen molar-refractivity contribution in [2.75, 3.05) is 41.0 Å². The fourth-order valence-electron chi connectivity index (χ4n) is 3.99. The molecule has 1 fully saturated rings. The summed E-state index contributed by atoms with van der Waals surface area (Å²) in [5.41, 5.74) is 0.719. The van der Waals surface area contributed by atoms with E-state index < -0.39 is 28.4 Å². The minimum atomic E-state index is -4.17. The molecule has 222 valence electrons. The monoisotopic (exact) mass is 611 g/mol. The van der Waals surface area contributed by atoms with Crippen LogP contribution in [0.15, 0.2) is 52.4 Å². The van der Waals surface area contributed by atoms with Crippen LogP contribution < -0.4 is 8.92 Å². The first-order valence-corrected chi connectivity index (χ1v) is 14.1. The van der Waals surface area contributed by atoms with Crippen molar-refractivity contribution >= 4 is 46.0 Å². The van der Waals surface area contributed by atoms with Crippen LogP contribution in [0.5, 0.6) is 11.5 Å². The van der Waals surface area contributed by atoms with E-state index in [9.17, 15) is 22.8 Å². The Kier molecular flexibility index (Phi) is 10.8. The normalized spacial score (nSPS) is 14.2. The fraction of sp³-hybridized carbons (Fsp3) is 0.385. The molecule has 0 bridgehead atoms. The van der Waals surface area contributed by atoms with Gasteiger partial charge in [0, 0.05) is 19.2 Å². The van der Waals surface area contributed by atoms with Crippen molar-refractivity contribution in [1.29, 1.82) is 0 Å². The van der Waals surface area contributed by atoms with Crippen molar-refractivity contribution in [3.63, 3.8) is 0 Å². The van der Waals surface area contributed by atoms with Crippen LogP contribution in [0.4, 0.5) is 14.4 Å². The number of hydrogen-bond acceptors (Lipinski definition) is 10. The van der Waals surface area contributed by atoms with Crippen molar-refractivity contribution in [2.45, 2.75) is 24.7 Å². The first-order valence-electron chi connectivity index (χ1n) is 12.3. The molecule has 1 aliphatic heterocycles. The summed E-state index contributed by atoms with van der Waals surface area (Å²) >= 11 is 6.03. The second-order valence-corrected chi connectivity index (χ2v) is 10.8. The molecular formula is C26H30ClN3O10S. The van der Waals surface area contributed by atoms with Gasteiger partial charge in [-0.25, -0.2) is 14.4 Å². The number of halogens is 1. The Hall–Kier alpha value is -4.04. The summed E-state index contributed by atoms with van der Waals surface area (Å²) in [6.07, 6.45) is -2.09. The number of guanidine groups is 1. The van der Waals surface area contributed by atoms with E-state index in [0.29, 0.717) is 36.6 Å². The predicted octanol–water partition coefficient (Wildman–Crippen LogP) is 4.46. The van der Waals surface area contributed by atoms with E-state index in [-0.39, 0.29) is 34.2 Å². The number of benzene rings is 2. The zero-order valence-corrected chi connectivity index (χ0v) is 24.4. The summed E-state index contributed by atoms with van der Waals surface area (Å²) in [6.45, 7) is 2.69. The van der Waals surface area contributed by atoms with E-state index in [2.05, 4.69) is 19.2 Å². The lowest BCUT2D eigenvalue weighted by atomic mass is 9.98. The molecule has 0 unspecified atom stereocenters. The second kappa shape index (κ2) is 14.0. The van der Waals surface area contributed by atoms with Crippen LogP contribution in [0.3, 0.4) is 0 Å². The lowest BCUT2D eigenvalue weighted by molar-refractivity contribution is 0.111. The van der Waals surface area contributed by atoms with Crippen molar-refractivity contribution in [2.24, 2.45) is 10.9 Å². The summed E-state index contributed by atoms with van der Waals surface area (Å²) in [5, 5.41) is 0.0454. The number of piperidine rings is 1. The van der Waals surface area contributed by atoms with Crippen LogP contribution in [0.1, 0.15) is 18.4 Å². The van der Waals surface area contributed by atoms with Crippen LogP contribution in [0.2, 0.25) is 5.02 Å². The molecule has 1 aliphatic rings. The fourth-order valence-corrected chi connectivity index (χ4v) is 5.40. The molecule has 2 aromatic rings. The van der Waals surface area contributed by atoms with Crippen molar-refractivity contribution in [3.05, 3.63) is 53.1 Å². The number of aliphatic imine (C=N–C) groups is 1. The summed E-state index contributed by atoms with van der Waals surface area (Å²) in [6, 6.07) is 10.8. The molecule has 0 saturated carbocycles. The summed E-state index contributed by atoms with van der Waals surface area (Å²) in [7, 11) is -0.906. The van der Waals surface area contributed by atoms with E-state index in [4.69, 9.17) is 20.5 Å². The minimum Gasteiger partial charge on any atom is -0.493 e. The van der Waals surface area contributed by atoms with E-state index in [1.54, 1.807) is 36.1 Å². The molecular weight excluding hydrogens is 582 g/mol. The Morgan fingerprint density at radius 2 is 1.59 bits per heavy atom. The molecule has 3 rings (SSSR count). The lowest BCUT2D eigenvalue weighted by Crippen LogP contribution is -2.53. The van der Waals surface area contributed by atoms with E-state index >= 15 is 0 Å². The number of nitrogens with zero attached hydrogens (tertiary/aromatic N) is 3. The molecule has 1 saturated heterocycles. The zero-order valence-electron chi connectivity index (χ0n) is 22.9. The number of ether oxygens (including phenoxy) is 4. The highest BCUT2D eigenvalue weighted by Crippen LogP contribution is 2.29. The number of amides is 3. The Balaban J connectivity index is 1.68. The average molecular weight is 612 g/mol. The quantitative estimate of drug-likeness (QED) is 0.197. The summed E-state index contributed by atoms with van der Waals surface area (Å²) in [5.74, 6) is 0.249. The third kappa shape index (κ3) is 8.24. The Morgan fingerprint density at radius 3 is 2.17 bits per heavy atom. The predicted molar refractivity (Wildman–Crippen MR) is 147 cm³/mol. The number of carbonyl (C=O) groups is 3. The van der Waals surface area contributed by atoms with Gasteiger partial charge in [0.25, 0.3) is 0 Å². The molecule has 0 spiro atoms. The van der Waals surface area contributed by atoms with Gasteiger partial charge in [0.2, 0.25) is 5.96 Å². The molecule has 0 aliphatic carbocycles. The number of carbonyl (C=O) groups excluding carboxylic acids is 3. The molecule has 0 atom stereocenters. The molecule has 15 heteroatoms. The largest absolute Gasteiger partial charge is 0.493 e. The third-order valence-corrected chi connectivity index (χ3v) is 7.75. The van der Waals surface area contributed by atoms with Gasteiger partial charge < -0.3 is 28.0 Å². The molecule has 3 amide bonds. The number of likely N-dealkylation sites (tertiary alicyclic amines) is 1. The first-order chi connectivity index (χ1) is 19.5. The maximum absolute atomic E-state index is 12.7. The maximum Gasteiger partial charge on any atom is 0.436 e. The Labute approximate surface area is 242 Å². The SMILES string of the molecule is COC(=O)N=C(N1CCC(COc2cc(C)cc(OS(=O)(=O)c3ccccc3Cl)c2)CC1)N(C(=O)OC)C(=O)OC. The van der Waals surface area contributed by atoms with Gasteiger partial charge in [-0.1, -0.05) is 23.7 Å². The van der Waals surface area contributed by atoms with Crippen LogP contribution in [0, 0.1) is 12.8 Å². The van der Waals surface area contributed by atoms with Gasteiger partial charge in [0.15, 0.2) is 0 Å². The Morgan fingerprint density at radius 1 is 0.976 bits per heavy atom. The molecule has 41 heavy (non-hydrogen) atoms. The van der Waals surface area contributed by atoms with Crippen LogP contribution in [0.25, 0.3) is 0 Å². The maximum atomic E-state index is 12.7. The first kappa shape index (κ1) is 31.5. The van der Waals surface area contributed by atoms with E-state index in [1.165, 1.54) is 18.2 Å². The highest BCUT2D eigenvalue weighted by Gasteiger charge is 2.35. The van der Waals surface area contributed by atoms with E-state index in [0.717, 1.165) is 26.9 Å². The smallest absolute Gasteiger partial charge is 0.436 e. The van der Waals surface area contributed by atoms with Gasteiger partial charge >= 0.3 is 28.4 Å². The highest BCUT2D eigenvalue weighted by molar-refractivity contribution is 7.87. The number of imide groups is 1.